The number of hydrogen-bond donors (Lipinski definition) is 3. The van der Waals surface area contributed by atoms with E-state index in [-0.39, 0.29) is 9.79 Å². The van der Waals surface area contributed by atoms with Crippen LogP contribution in [-0.2, 0) is 24.8 Å². The van der Waals surface area contributed by atoms with Gasteiger partial charge in [0.05, 0.1) is 33.2 Å². The molecule has 43 heavy (non-hydrogen) atoms. The second kappa shape index (κ2) is 11.2. The zero-order valence-corrected chi connectivity index (χ0v) is 26.4. The summed E-state index contributed by atoms with van der Waals surface area (Å²) < 4.78 is 59.7. The van der Waals surface area contributed by atoms with E-state index in [0.717, 1.165) is 17.0 Å². The summed E-state index contributed by atoms with van der Waals surface area (Å²) in [4.78, 5) is 12.8. The highest BCUT2D eigenvalue weighted by Gasteiger charge is 2.27. The quantitative estimate of drug-likeness (QED) is 0.229. The minimum atomic E-state index is -3.88. The number of morpholine rings is 1. The maximum Gasteiger partial charge on any atom is 0.243 e. The smallest absolute Gasteiger partial charge is 0.243 e. The molecule has 1 aliphatic rings. The van der Waals surface area contributed by atoms with E-state index in [1.807, 2.05) is 30.5 Å². The second-order valence-electron chi connectivity index (χ2n) is 10.1. The van der Waals surface area contributed by atoms with Crippen LogP contribution in [0.25, 0.3) is 28.2 Å². The summed E-state index contributed by atoms with van der Waals surface area (Å²) in [6.07, 6.45) is 1.62. The van der Waals surface area contributed by atoms with Crippen LogP contribution in [0, 0.1) is 13.8 Å². The lowest BCUT2D eigenvalue weighted by Crippen LogP contribution is -2.40. The van der Waals surface area contributed by atoms with E-state index in [1.165, 1.54) is 16.4 Å². The third-order valence-electron chi connectivity index (χ3n) is 7.27. The summed E-state index contributed by atoms with van der Waals surface area (Å²) in [5.41, 5.74) is 5.43. The van der Waals surface area contributed by atoms with Gasteiger partial charge in [-0.2, -0.15) is 4.31 Å². The molecule has 12 nitrogen and oxygen atoms in total. The van der Waals surface area contributed by atoms with Gasteiger partial charge in [0.1, 0.15) is 11.3 Å². The van der Waals surface area contributed by atoms with Gasteiger partial charge in [0.2, 0.25) is 20.0 Å². The van der Waals surface area contributed by atoms with Crippen LogP contribution in [0.1, 0.15) is 11.4 Å². The fourth-order valence-electron chi connectivity index (χ4n) is 5.19. The van der Waals surface area contributed by atoms with Crippen molar-refractivity contribution in [3.05, 3.63) is 76.7 Å². The van der Waals surface area contributed by atoms with Crippen LogP contribution < -0.4 is 10.5 Å². The highest BCUT2D eigenvalue weighted by atomic mass is 79.9. The Kier molecular flexibility index (Phi) is 7.64. The number of nitrogens with zero attached hydrogens (tertiary/aromatic N) is 4. The van der Waals surface area contributed by atoms with Crippen molar-refractivity contribution in [3.63, 3.8) is 0 Å². The number of aryl methyl sites for hydroxylation is 1. The molecule has 6 rings (SSSR count). The van der Waals surface area contributed by atoms with Crippen LogP contribution in [0.4, 0.5) is 11.4 Å². The van der Waals surface area contributed by atoms with E-state index in [1.54, 1.807) is 36.5 Å². The van der Waals surface area contributed by atoms with Crippen molar-refractivity contribution in [2.75, 3.05) is 31.6 Å². The summed E-state index contributed by atoms with van der Waals surface area (Å²) in [6, 6.07) is 15.1. The molecule has 2 aromatic carbocycles. The fraction of sp³-hybridized carbons (Fsp3) is 0.214. The van der Waals surface area contributed by atoms with Gasteiger partial charge in [-0.3, -0.25) is 0 Å². The number of imidazole rings is 1. The van der Waals surface area contributed by atoms with Crippen molar-refractivity contribution in [3.8, 4) is 17.1 Å². The first-order chi connectivity index (χ1) is 20.4. The van der Waals surface area contributed by atoms with Crippen LogP contribution >= 0.6 is 15.9 Å². The van der Waals surface area contributed by atoms with Gasteiger partial charge in [-0.05, 0) is 72.2 Å². The van der Waals surface area contributed by atoms with E-state index < -0.39 is 20.0 Å². The minimum absolute atomic E-state index is 0.0177. The number of aromatic amines is 1. The van der Waals surface area contributed by atoms with Gasteiger partial charge < -0.3 is 19.6 Å². The SMILES string of the molecule is Cc1cc(-c2nc3c(Nc4cccc(S(N)(=O)=O)c4)c(Br)cnc3[nH]2)c(C)n1-c1cccc(S(=O)(=O)N2CCOCC2)c1. The number of aromatic nitrogens is 4. The standard InChI is InChI=1S/C28H28BrN7O5S2/c1-17-13-23(18(2)36(17)20-6-4-8-22(15-20)43(39,40)35-9-11-41-12-10-35)27-33-26-25(24(29)16-31-28(26)34-27)32-19-5-3-7-21(14-19)42(30,37)38/h3-8,13-16H,9-12H2,1-2H3,(H2,30,37,38)(H2,31,32,33,34). The molecule has 0 radical (unpaired) electrons. The van der Waals surface area contributed by atoms with Gasteiger partial charge in [0.15, 0.2) is 5.65 Å². The number of anilines is 2. The second-order valence-corrected chi connectivity index (χ2v) is 14.4. The molecule has 1 aliphatic heterocycles. The van der Waals surface area contributed by atoms with E-state index in [2.05, 4.69) is 31.2 Å². The molecule has 0 atom stereocenters. The summed E-state index contributed by atoms with van der Waals surface area (Å²) in [7, 11) is -7.54. The molecule has 5 aromatic rings. The number of benzene rings is 2. The van der Waals surface area contributed by atoms with Gasteiger partial charge in [0, 0.05) is 47.6 Å². The maximum atomic E-state index is 13.3. The largest absolute Gasteiger partial charge is 0.379 e. The summed E-state index contributed by atoms with van der Waals surface area (Å²) in [6.45, 7) is 5.29. The molecule has 4 N–H and O–H groups in total. The highest BCUT2D eigenvalue weighted by molar-refractivity contribution is 9.10. The Balaban J connectivity index is 1.38. The minimum Gasteiger partial charge on any atom is -0.379 e. The van der Waals surface area contributed by atoms with Crippen LogP contribution in [0.3, 0.4) is 0 Å². The summed E-state index contributed by atoms with van der Waals surface area (Å²) in [5.74, 6) is 0.568. The number of hydrogen-bond acceptors (Lipinski definition) is 8. The average Bonchev–Trinajstić information content (AvgIpc) is 3.55. The van der Waals surface area contributed by atoms with E-state index in [9.17, 15) is 16.8 Å². The average molecular weight is 687 g/mol. The lowest BCUT2D eigenvalue weighted by Gasteiger charge is -2.26. The first-order valence-corrected chi connectivity index (χ1v) is 17.0. The number of halogens is 1. The fourth-order valence-corrected chi connectivity index (χ4v) is 7.59. The molecule has 1 saturated heterocycles. The molecule has 3 aromatic heterocycles. The van der Waals surface area contributed by atoms with Gasteiger partial charge >= 0.3 is 0 Å². The van der Waals surface area contributed by atoms with Crippen molar-refractivity contribution in [2.45, 2.75) is 23.6 Å². The number of pyridine rings is 1. The van der Waals surface area contributed by atoms with Crippen molar-refractivity contribution in [2.24, 2.45) is 5.14 Å². The predicted octanol–water partition coefficient (Wildman–Crippen LogP) is 4.21. The highest BCUT2D eigenvalue weighted by Crippen LogP contribution is 2.35. The first kappa shape index (κ1) is 29.5. The maximum absolute atomic E-state index is 13.3. The van der Waals surface area contributed by atoms with Crippen LogP contribution in [0.5, 0.6) is 0 Å². The monoisotopic (exact) mass is 685 g/mol. The Morgan fingerprint density at radius 3 is 2.47 bits per heavy atom. The molecular weight excluding hydrogens is 658 g/mol. The number of sulfonamides is 2. The number of nitrogens with two attached hydrogens (primary N) is 1. The zero-order valence-electron chi connectivity index (χ0n) is 23.2. The molecule has 1 fully saturated rings. The van der Waals surface area contributed by atoms with Crippen LogP contribution in [0.15, 0.2) is 75.1 Å². The van der Waals surface area contributed by atoms with Crippen LogP contribution in [0.2, 0.25) is 0 Å². The first-order valence-electron chi connectivity index (χ1n) is 13.3. The molecule has 0 aliphatic carbocycles. The number of rotatable bonds is 7. The molecule has 0 unspecified atom stereocenters. The molecule has 4 heterocycles. The Bertz CT molecular complexity index is 2090. The molecule has 0 bridgehead atoms. The summed E-state index contributed by atoms with van der Waals surface area (Å²) >= 11 is 3.53. The Morgan fingerprint density at radius 2 is 1.72 bits per heavy atom. The zero-order chi connectivity index (χ0) is 30.5. The Labute approximate surface area is 257 Å². The third kappa shape index (κ3) is 5.59. The van der Waals surface area contributed by atoms with Crippen molar-refractivity contribution in [1.82, 2.24) is 23.8 Å². The Morgan fingerprint density at radius 1 is 1.00 bits per heavy atom. The topological polar surface area (TPSA) is 165 Å². The van der Waals surface area contributed by atoms with Gasteiger partial charge in [-0.25, -0.2) is 31.9 Å². The molecule has 0 amide bonds. The molecular formula is C28H28BrN7O5S2. The number of ether oxygens (including phenoxy) is 1. The normalized spacial score (nSPS) is 14.8. The lowest BCUT2D eigenvalue weighted by molar-refractivity contribution is 0.0730. The van der Waals surface area contributed by atoms with E-state index >= 15 is 0 Å². The van der Waals surface area contributed by atoms with Crippen molar-refractivity contribution >= 4 is 58.5 Å². The number of fused-ring (bicyclic) bond motifs is 1. The number of H-pyrrole nitrogens is 1. The predicted molar refractivity (Wildman–Crippen MR) is 167 cm³/mol. The number of primary sulfonamides is 1. The molecule has 0 saturated carbocycles. The van der Waals surface area contributed by atoms with Crippen molar-refractivity contribution in [1.29, 1.82) is 0 Å². The van der Waals surface area contributed by atoms with E-state index in [0.29, 0.717) is 64.8 Å². The van der Waals surface area contributed by atoms with Gasteiger partial charge in [0.25, 0.3) is 0 Å². The Hall–Kier alpha value is -3.60. The molecule has 15 heteroatoms. The van der Waals surface area contributed by atoms with Gasteiger partial charge in [-0.1, -0.05) is 12.1 Å². The molecule has 0 spiro atoms. The lowest BCUT2D eigenvalue weighted by atomic mass is 10.2. The molecule has 224 valence electrons. The number of nitrogens with one attached hydrogen (secondary N) is 2. The van der Waals surface area contributed by atoms with Gasteiger partial charge in [-0.15, -0.1) is 0 Å². The third-order valence-corrected chi connectivity index (χ3v) is 10.7. The van der Waals surface area contributed by atoms with Crippen LogP contribution in [-0.4, -0.2) is 67.0 Å². The summed E-state index contributed by atoms with van der Waals surface area (Å²) in [5, 5.41) is 8.54. The van der Waals surface area contributed by atoms with E-state index in [4.69, 9.17) is 14.9 Å². The van der Waals surface area contributed by atoms with Crippen molar-refractivity contribution < 1.29 is 21.6 Å².